The molecule has 0 unspecified atom stereocenters. The lowest BCUT2D eigenvalue weighted by atomic mass is 9.56. The Morgan fingerprint density at radius 1 is 1.50 bits per heavy atom. The number of rotatable bonds is 1. The van der Waals surface area contributed by atoms with Gasteiger partial charge >= 0.3 is 5.97 Å². The third-order valence-electron chi connectivity index (χ3n) is 4.20. The minimum Gasteiger partial charge on any atom is -0.469 e. The van der Waals surface area contributed by atoms with Crippen molar-refractivity contribution in [2.45, 2.75) is 38.7 Å². The van der Waals surface area contributed by atoms with Crippen LogP contribution in [0, 0.1) is 17.3 Å². The maximum Gasteiger partial charge on any atom is 0.311 e. The van der Waals surface area contributed by atoms with E-state index in [9.17, 15) is 9.90 Å². The van der Waals surface area contributed by atoms with Crippen LogP contribution < -0.4 is 0 Å². The summed E-state index contributed by atoms with van der Waals surface area (Å²) in [5.74, 6) is 0.526. The van der Waals surface area contributed by atoms with Gasteiger partial charge in [-0.05, 0) is 44.4 Å². The fraction of sp³-hybridized carbons (Fsp3) is 0.909. The number of hydrogen-bond donors (Lipinski definition) is 1. The first-order valence-corrected chi connectivity index (χ1v) is 5.34. The Hall–Kier alpha value is -0.570. The standard InChI is InChI=1S/C11H18O3/c1-11(10(13)14-2)6-7-3-4-8(11)5-9(7)12/h7-9,12H,3-6H2,1-2H3/t7-,8-,9-,11-/m0/s1. The average Bonchev–Trinajstić information content (AvgIpc) is 2.19. The van der Waals surface area contributed by atoms with E-state index in [1.54, 1.807) is 0 Å². The van der Waals surface area contributed by atoms with Crippen LogP contribution in [0.5, 0.6) is 0 Å². The van der Waals surface area contributed by atoms with Crippen LogP contribution >= 0.6 is 0 Å². The van der Waals surface area contributed by atoms with E-state index in [2.05, 4.69) is 0 Å². The smallest absolute Gasteiger partial charge is 0.311 e. The van der Waals surface area contributed by atoms with Gasteiger partial charge in [-0.15, -0.1) is 0 Å². The van der Waals surface area contributed by atoms with Gasteiger partial charge in [-0.25, -0.2) is 0 Å². The van der Waals surface area contributed by atoms with Crippen molar-refractivity contribution in [1.29, 1.82) is 0 Å². The molecule has 14 heavy (non-hydrogen) atoms. The van der Waals surface area contributed by atoms with Gasteiger partial charge in [0.1, 0.15) is 0 Å². The van der Waals surface area contributed by atoms with Crippen molar-refractivity contribution < 1.29 is 14.6 Å². The quantitative estimate of drug-likeness (QED) is 0.647. The van der Waals surface area contributed by atoms with Crippen molar-refractivity contribution in [1.82, 2.24) is 0 Å². The second kappa shape index (κ2) is 3.23. The molecule has 3 nitrogen and oxygen atoms in total. The molecule has 0 spiro atoms. The highest BCUT2D eigenvalue weighted by Crippen LogP contribution is 2.52. The summed E-state index contributed by atoms with van der Waals surface area (Å²) in [4.78, 5) is 11.7. The van der Waals surface area contributed by atoms with Crippen LogP contribution in [0.3, 0.4) is 0 Å². The molecule has 0 radical (unpaired) electrons. The summed E-state index contributed by atoms with van der Waals surface area (Å²) in [7, 11) is 1.45. The maximum absolute atomic E-state index is 11.7. The highest BCUT2D eigenvalue weighted by molar-refractivity contribution is 5.77. The Labute approximate surface area is 84.4 Å². The summed E-state index contributed by atoms with van der Waals surface area (Å²) in [5, 5.41) is 9.73. The topological polar surface area (TPSA) is 46.5 Å². The van der Waals surface area contributed by atoms with Crippen molar-refractivity contribution in [3.05, 3.63) is 0 Å². The van der Waals surface area contributed by atoms with E-state index in [1.165, 1.54) is 7.11 Å². The predicted octanol–water partition coefficient (Wildman–Crippen LogP) is 1.35. The van der Waals surface area contributed by atoms with Crippen LogP contribution in [0.2, 0.25) is 0 Å². The minimum atomic E-state index is -0.336. The number of methoxy groups -OCH3 is 1. The lowest BCUT2D eigenvalue weighted by molar-refractivity contribution is -0.168. The van der Waals surface area contributed by atoms with Gasteiger partial charge in [0.15, 0.2) is 0 Å². The fourth-order valence-corrected chi connectivity index (χ4v) is 3.22. The summed E-state index contributed by atoms with van der Waals surface area (Å²) in [6.45, 7) is 1.99. The zero-order valence-corrected chi connectivity index (χ0v) is 8.82. The Morgan fingerprint density at radius 3 is 2.64 bits per heavy atom. The number of ether oxygens (including phenoxy) is 1. The molecule has 3 rings (SSSR count). The molecule has 0 saturated heterocycles. The fourth-order valence-electron chi connectivity index (χ4n) is 3.22. The molecule has 4 atom stereocenters. The number of carbonyl (C=O) groups excluding carboxylic acids is 1. The van der Waals surface area contributed by atoms with Crippen molar-refractivity contribution in [2.24, 2.45) is 17.3 Å². The van der Waals surface area contributed by atoms with E-state index in [4.69, 9.17) is 4.74 Å². The van der Waals surface area contributed by atoms with E-state index in [0.29, 0.717) is 11.8 Å². The summed E-state index contributed by atoms with van der Waals surface area (Å²) in [6, 6.07) is 0. The number of fused-ring (bicyclic) bond motifs is 3. The molecule has 0 aromatic carbocycles. The highest BCUT2D eigenvalue weighted by atomic mass is 16.5. The molecule has 1 N–H and O–H groups in total. The molecular formula is C11H18O3. The minimum absolute atomic E-state index is 0.0981. The predicted molar refractivity (Wildman–Crippen MR) is 51.6 cm³/mol. The molecule has 3 aliphatic rings. The third-order valence-corrected chi connectivity index (χ3v) is 4.20. The van der Waals surface area contributed by atoms with E-state index >= 15 is 0 Å². The van der Waals surface area contributed by atoms with Crippen molar-refractivity contribution >= 4 is 5.97 Å². The van der Waals surface area contributed by atoms with E-state index in [0.717, 1.165) is 25.7 Å². The number of aliphatic hydroxyl groups is 1. The first-order valence-electron chi connectivity index (χ1n) is 5.34. The van der Waals surface area contributed by atoms with E-state index < -0.39 is 0 Å². The molecule has 3 aliphatic carbocycles. The van der Waals surface area contributed by atoms with Gasteiger partial charge < -0.3 is 9.84 Å². The first-order chi connectivity index (χ1) is 6.58. The third kappa shape index (κ3) is 1.26. The lowest BCUT2D eigenvalue weighted by Gasteiger charge is -2.50. The normalized spacial score (nSPS) is 46.4. The monoisotopic (exact) mass is 198 g/mol. The Kier molecular flexibility index (Phi) is 2.30. The number of carbonyl (C=O) groups is 1. The Bertz CT molecular complexity index is 251. The summed E-state index contributed by atoms with van der Waals surface area (Å²) in [5.41, 5.74) is -0.336. The highest BCUT2D eigenvalue weighted by Gasteiger charge is 2.52. The number of hydrogen-bond acceptors (Lipinski definition) is 3. The van der Waals surface area contributed by atoms with E-state index in [-0.39, 0.29) is 17.5 Å². The van der Waals surface area contributed by atoms with Crippen LogP contribution in [-0.2, 0) is 9.53 Å². The Morgan fingerprint density at radius 2 is 2.21 bits per heavy atom. The maximum atomic E-state index is 11.7. The van der Waals surface area contributed by atoms with Gasteiger partial charge in [0.2, 0.25) is 0 Å². The van der Waals surface area contributed by atoms with Gasteiger partial charge in [-0.3, -0.25) is 4.79 Å². The molecule has 0 aromatic rings. The van der Waals surface area contributed by atoms with Crippen molar-refractivity contribution in [3.8, 4) is 0 Å². The van der Waals surface area contributed by atoms with E-state index in [1.807, 2.05) is 6.92 Å². The average molecular weight is 198 g/mol. The van der Waals surface area contributed by atoms with Gasteiger partial charge in [0, 0.05) is 0 Å². The van der Waals surface area contributed by atoms with Gasteiger partial charge in [0.05, 0.1) is 18.6 Å². The first kappa shape index (κ1) is 9.97. The van der Waals surface area contributed by atoms with Crippen molar-refractivity contribution in [3.63, 3.8) is 0 Å². The molecule has 0 heterocycles. The summed E-state index contributed by atoms with van der Waals surface area (Å²) >= 11 is 0. The SMILES string of the molecule is COC(=O)[C@@]1(C)C[C@@H]2CC[C@H]1C[C@@H]2O. The van der Waals surface area contributed by atoms with Crippen LogP contribution in [0.25, 0.3) is 0 Å². The second-order valence-electron chi connectivity index (χ2n) is 4.95. The van der Waals surface area contributed by atoms with Crippen LogP contribution in [0.15, 0.2) is 0 Å². The molecule has 3 fully saturated rings. The molecular weight excluding hydrogens is 180 g/mol. The Balaban J connectivity index is 2.20. The zero-order valence-electron chi connectivity index (χ0n) is 8.82. The molecule has 3 heteroatoms. The van der Waals surface area contributed by atoms with Gasteiger partial charge in [-0.1, -0.05) is 0 Å². The largest absolute Gasteiger partial charge is 0.469 e. The summed E-state index contributed by atoms with van der Waals surface area (Å²) < 4.78 is 4.86. The number of esters is 1. The second-order valence-corrected chi connectivity index (χ2v) is 4.95. The van der Waals surface area contributed by atoms with Crippen LogP contribution in [0.1, 0.15) is 32.6 Å². The lowest BCUT2D eigenvalue weighted by Crippen LogP contribution is -2.50. The van der Waals surface area contributed by atoms with Gasteiger partial charge in [0.25, 0.3) is 0 Å². The van der Waals surface area contributed by atoms with Crippen LogP contribution in [-0.4, -0.2) is 24.3 Å². The zero-order chi connectivity index (χ0) is 10.3. The van der Waals surface area contributed by atoms with Gasteiger partial charge in [-0.2, -0.15) is 0 Å². The van der Waals surface area contributed by atoms with Crippen molar-refractivity contribution in [2.75, 3.05) is 7.11 Å². The molecule has 3 saturated carbocycles. The number of aliphatic hydroxyl groups excluding tert-OH is 1. The molecule has 80 valence electrons. The molecule has 2 bridgehead atoms. The molecule has 0 amide bonds. The summed E-state index contributed by atoms with van der Waals surface area (Å²) in [6.07, 6.45) is 3.51. The van der Waals surface area contributed by atoms with Crippen LogP contribution in [0.4, 0.5) is 0 Å². The molecule has 0 aliphatic heterocycles. The molecule has 0 aromatic heterocycles.